The van der Waals surface area contributed by atoms with E-state index >= 15 is 0 Å². The van der Waals surface area contributed by atoms with Crippen molar-refractivity contribution in [3.8, 4) is 0 Å². The molecule has 0 spiro atoms. The molecule has 2 heterocycles. The van der Waals surface area contributed by atoms with E-state index in [2.05, 4.69) is 19.9 Å². The van der Waals surface area contributed by atoms with E-state index in [1.807, 2.05) is 4.98 Å². The predicted octanol–water partition coefficient (Wildman–Crippen LogP) is -0.867. The van der Waals surface area contributed by atoms with Crippen molar-refractivity contribution in [3.63, 3.8) is 0 Å². The Bertz CT molecular complexity index is 387. The second-order valence-electron chi connectivity index (χ2n) is 1.88. The van der Waals surface area contributed by atoms with Gasteiger partial charge in [-0.15, -0.1) is 5.10 Å². The highest BCUT2D eigenvalue weighted by Gasteiger charge is 1.77. The zero-order valence-corrected chi connectivity index (χ0v) is 6.43. The zero-order chi connectivity index (χ0) is 9.52. The summed E-state index contributed by atoms with van der Waals surface area (Å²) < 4.78 is 4.22. The molecule has 0 aromatic carbocycles. The van der Waals surface area contributed by atoms with Gasteiger partial charge in [0.05, 0.1) is 6.20 Å². The van der Waals surface area contributed by atoms with Crippen LogP contribution in [0.3, 0.4) is 0 Å². The lowest BCUT2D eigenvalue weighted by molar-refractivity contribution is 0.393. The molecule has 0 atom stereocenters. The molecular weight excluding hydrogens is 176 g/mol. The minimum atomic E-state index is -0.475. The number of aromatic nitrogens is 4. The maximum atomic E-state index is 10.2. The minimum Gasteiger partial charge on any atom is -0.346 e. The molecule has 2 N–H and O–H groups in total. The summed E-state index contributed by atoms with van der Waals surface area (Å²) in [4.78, 5) is 24.7. The van der Waals surface area contributed by atoms with Crippen LogP contribution >= 0.6 is 0 Å². The molecule has 0 radical (unpaired) electrons. The van der Waals surface area contributed by atoms with Crippen molar-refractivity contribution in [2.45, 2.75) is 0 Å². The highest BCUT2D eigenvalue weighted by Crippen LogP contribution is 1.64. The lowest BCUT2D eigenvalue weighted by Crippen LogP contribution is -2.19. The molecule has 0 unspecified atom stereocenters. The van der Waals surface area contributed by atoms with E-state index in [0.29, 0.717) is 0 Å². The van der Waals surface area contributed by atoms with Crippen LogP contribution in [-0.2, 0) is 0 Å². The molecule has 0 amide bonds. The summed E-state index contributed by atoms with van der Waals surface area (Å²) in [6.45, 7) is 0. The van der Waals surface area contributed by atoms with E-state index in [4.69, 9.17) is 0 Å². The van der Waals surface area contributed by atoms with Crippen molar-refractivity contribution in [1.29, 1.82) is 0 Å². The standard InChI is InChI=1S/C4H4N2O2.C2H2N2O/c7-3-1-2-5-4(8)6-3;1-2-5-4-3-1/h1-2H,(H2,5,6,7,8);1-2H. The zero-order valence-electron chi connectivity index (χ0n) is 6.43. The molecule has 13 heavy (non-hydrogen) atoms. The molecule has 0 aliphatic rings. The fourth-order valence-corrected chi connectivity index (χ4v) is 0.519. The first-order valence-electron chi connectivity index (χ1n) is 3.28. The molecule has 7 nitrogen and oxygen atoms in total. The summed E-state index contributed by atoms with van der Waals surface area (Å²) >= 11 is 0. The van der Waals surface area contributed by atoms with Crippen molar-refractivity contribution in [2.24, 2.45) is 0 Å². The lowest BCUT2D eigenvalue weighted by Gasteiger charge is -1.75. The van der Waals surface area contributed by atoms with Crippen LogP contribution in [0, 0.1) is 0 Å². The van der Waals surface area contributed by atoms with E-state index in [0.717, 1.165) is 0 Å². The molecule has 2 aromatic rings. The quantitative estimate of drug-likeness (QED) is 0.551. The van der Waals surface area contributed by atoms with Gasteiger partial charge in [0.1, 0.15) is 6.26 Å². The Balaban J connectivity index is 0.000000145. The monoisotopic (exact) mass is 182 g/mol. The maximum Gasteiger partial charge on any atom is 0.325 e. The van der Waals surface area contributed by atoms with Crippen LogP contribution in [0.25, 0.3) is 0 Å². The molecule has 0 aliphatic carbocycles. The number of aromatic amines is 2. The summed E-state index contributed by atoms with van der Waals surface area (Å²) in [6.07, 6.45) is 4.17. The Hall–Kier alpha value is -2.18. The van der Waals surface area contributed by atoms with E-state index in [9.17, 15) is 9.59 Å². The van der Waals surface area contributed by atoms with Gasteiger partial charge in [0.15, 0.2) is 0 Å². The second kappa shape index (κ2) is 4.65. The number of nitrogens with one attached hydrogen (secondary N) is 2. The van der Waals surface area contributed by atoms with Crippen LogP contribution in [0.2, 0.25) is 0 Å². The highest BCUT2D eigenvalue weighted by molar-refractivity contribution is 4.77. The topological polar surface area (TPSA) is 105 Å². The van der Waals surface area contributed by atoms with Gasteiger partial charge in [-0.1, -0.05) is 0 Å². The van der Waals surface area contributed by atoms with Gasteiger partial charge in [0.2, 0.25) is 0 Å². The minimum absolute atomic E-state index is 0.381. The van der Waals surface area contributed by atoms with Gasteiger partial charge in [-0.05, 0) is 0 Å². The number of rotatable bonds is 0. The molecule has 0 saturated heterocycles. The van der Waals surface area contributed by atoms with E-state index in [-0.39, 0.29) is 5.56 Å². The Morgan fingerprint density at radius 2 is 2.23 bits per heavy atom. The van der Waals surface area contributed by atoms with Crippen LogP contribution in [0.15, 0.2) is 38.8 Å². The molecule has 0 fully saturated rings. The first-order valence-corrected chi connectivity index (χ1v) is 3.28. The summed E-state index contributed by atoms with van der Waals surface area (Å²) in [5, 5.41) is 6.40. The van der Waals surface area contributed by atoms with E-state index < -0.39 is 5.69 Å². The van der Waals surface area contributed by atoms with Crippen LogP contribution in [-0.4, -0.2) is 20.3 Å². The van der Waals surface area contributed by atoms with E-state index in [1.165, 1.54) is 24.7 Å². The van der Waals surface area contributed by atoms with Gasteiger partial charge in [0, 0.05) is 17.5 Å². The van der Waals surface area contributed by atoms with Crippen molar-refractivity contribution in [1.82, 2.24) is 20.3 Å². The molecule has 0 aliphatic heterocycles. The molecule has 2 aromatic heterocycles. The van der Waals surface area contributed by atoms with Gasteiger partial charge in [-0.3, -0.25) is 9.78 Å². The Morgan fingerprint density at radius 1 is 1.38 bits per heavy atom. The lowest BCUT2D eigenvalue weighted by atomic mass is 10.7. The fraction of sp³-hybridized carbons (Fsp3) is 0. The third-order valence-electron chi connectivity index (χ3n) is 0.969. The van der Waals surface area contributed by atoms with Crippen LogP contribution < -0.4 is 11.2 Å². The first kappa shape index (κ1) is 8.91. The Morgan fingerprint density at radius 3 is 2.54 bits per heavy atom. The molecule has 0 bridgehead atoms. The molecule has 68 valence electrons. The van der Waals surface area contributed by atoms with Crippen molar-refractivity contribution in [2.75, 3.05) is 0 Å². The number of H-pyrrole nitrogens is 2. The average molecular weight is 182 g/mol. The fourth-order valence-electron chi connectivity index (χ4n) is 0.519. The van der Waals surface area contributed by atoms with Gasteiger partial charge in [-0.2, -0.15) is 0 Å². The maximum absolute atomic E-state index is 10.2. The molecule has 0 saturated carbocycles. The smallest absolute Gasteiger partial charge is 0.325 e. The SMILES string of the molecule is O=c1cc[nH]c(=O)[nH]1.c1conn1. The highest BCUT2D eigenvalue weighted by atomic mass is 16.5. The van der Waals surface area contributed by atoms with Crippen molar-refractivity contribution < 1.29 is 4.52 Å². The second-order valence-corrected chi connectivity index (χ2v) is 1.88. The summed E-state index contributed by atoms with van der Waals surface area (Å²) in [5.74, 6) is 0. The number of hydrogen-bond donors (Lipinski definition) is 2. The van der Waals surface area contributed by atoms with Crippen LogP contribution in [0.5, 0.6) is 0 Å². The van der Waals surface area contributed by atoms with Crippen LogP contribution in [0.4, 0.5) is 0 Å². The van der Waals surface area contributed by atoms with Gasteiger partial charge in [0.25, 0.3) is 5.56 Å². The first-order chi connectivity index (χ1) is 6.29. The normalized spacial score (nSPS) is 8.62. The predicted molar refractivity (Wildman–Crippen MR) is 42.0 cm³/mol. The molecular formula is C6H6N4O3. The largest absolute Gasteiger partial charge is 0.346 e. The van der Waals surface area contributed by atoms with Crippen molar-refractivity contribution >= 4 is 0 Å². The van der Waals surface area contributed by atoms with Crippen LogP contribution in [0.1, 0.15) is 0 Å². The van der Waals surface area contributed by atoms with Crippen molar-refractivity contribution in [3.05, 3.63) is 45.6 Å². The third-order valence-corrected chi connectivity index (χ3v) is 0.969. The third kappa shape index (κ3) is 3.65. The number of nitrogens with zero attached hydrogens (tertiary/aromatic N) is 2. The Kier molecular flexibility index (Phi) is 3.19. The van der Waals surface area contributed by atoms with Gasteiger partial charge < -0.3 is 9.51 Å². The average Bonchev–Trinajstić information content (AvgIpc) is 2.59. The summed E-state index contributed by atoms with van der Waals surface area (Å²) in [6, 6.07) is 1.24. The summed E-state index contributed by atoms with van der Waals surface area (Å²) in [7, 11) is 0. The summed E-state index contributed by atoms with van der Waals surface area (Å²) in [5.41, 5.74) is -0.855. The number of hydrogen-bond acceptors (Lipinski definition) is 5. The Labute approximate surface area is 71.4 Å². The molecule has 2 rings (SSSR count). The van der Waals surface area contributed by atoms with Gasteiger partial charge >= 0.3 is 5.69 Å². The van der Waals surface area contributed by atoms with E-state index in [1.54, 1.807) is 0 Å². The van der Waals surface area contributed by atoms with Gasteiger partial charge in [-0.25, -0.2) is 4.79 Å². The molecule has 7 heteroatoms.